The van der Waals surface area contributed by atoms with Crippen molar-refractivity contribution in [3.05, 3.63) is 52.3 Å². The number of carbonyl (C=O) groups is 3. The number of likely N-dealkylation sites (N-methyl/N-ethyl adjacent to an activating group) is 1. The number of anilines is 1. The fourth-order valence-electron chi connectivity index (χ4n) is 4.76. The number of aromatic nitrogens is 2. The van der Waals surface area contributed by atoms with E-state index in [0.29, 0.717) is 37.1 Å². The van der Waals surface area contributed by atoms with E-state index < -0.39 is 11.9 Å². The van der Waals surface area contributed by atoms with Crippen molar-refractivity contribution in [1.29, 1.82) is 0 Å². The summed E-state index contributed by atoms with van der Waals surface area (Å²) in [4.78, 5) is 47.1. The molecule has 9 heteroatoms. The van der Waals surface area contributed by atoms with Crippen LogP contribution in [0.4, 0.5) is 5.95 Å². The zero-order valence-corrected chi connectivity index (χ0v) is 18.0. The topological polar surface area (TPSA) is 116 Å². The van der Waals surface area contributed by atoms with Gasteiger partial charge < -0.3 is 15.5 Å². The first-order valence-electron chi connectivity index (χ1n) is 11.0. The third-order valence-corrected chi connectivity index (χ3v) is 6.60. The van der Waals surface area contributed by atoms with E-state index in [-0.39, 0.29) is 18.2 Å². The SMILES string of the molecule is CNC1CCc2nc(NCc3ccc4c(c3)CN(C3CCC(=O)NC3=O)C4=O)ncc2C1. The van der Waals surface area contributed by atoms with Gasteiger partial charge in [-0.05, 0) is 55.5 Å². The number of imide groups is 1. The number of amides is 3. The second-order valence-corrected chi connectivity index (χ2v) is 8.64. The zero-order chi connectivity index (χ0) is 22.2. The van der Waals surface area contributed by atoms with E-state index in [1.165, 1.54) is 5.56 Å². The van der Waals surface area contributed by atoms with Crippen LogP contribution in [0.15, 0.2) is 24.4 Å². The monoisotopic (exact) mass is 434 g/mol. The standard InChI is InChI=1S/C23H26N6O3/c1-24-16-3-5-18-14(9-16)11-26-23(27-18)25-10-13-2-4-17-15(8-13)12-29(22(17)32)19-6-7-20(30)28-21(19)31/h2,4,8,11,16,19,24H,3,5-7,9-10,12H2,1H3,(H,25,26,27)(H,28,30,31). The second kappa shape index (κ2) is 8.31. The van der Waals surface area contributed by atoms with Crippen LogP contribution in [-0.4, -0.2) is 51.7 Å². The molecule has 9 nitrogen and oxygen atoms in total. The minimum Gasteiger partial charge on any atom is -0.350 e. The molecular weight excluding hydrogens is 408 g/mol. The van der Waals surface area contributed by atoms with Crippen LogP contribution < -0.4 is 16.0 Å². The van der Waals surface area contributed by atoms with Crippen molar-refractivity contribution in [1.82, 2.24) is 25.5 Å². The van der Waals surface area contributed by atoms with Crippen LogP contribution in [-0.2, 0) is 35.5 Å². The summed E-state index contributed by atoms with van der Waals surface area (Å²) in [5.74, 6) is -0.231. The highest BCUT2D eigenvalue weighted by Gasteiger charge is 2.39. The van der Waals surface area contributed by atoms with Crippen molar-refractivity contribution in [2.24, 2.45) is 0 Å². The number of benzene rings is 1. The van der Waals surface area contributed by atoms with Crippen molar-refractivity contribution in [2.75, 3.05) is 12.4 Å². The molecule has 166 valence electrons. The average molecular weight is 435 g/mol. The molecule has 2 unspecified atom stereocenters. The molecule has 0 radical (unpaired) electrons. The number of nitrogens with zero attached hydrogens (tertiary/aromatic N) is 3. The Bertz CT molecular complexity index is 1100. The molecule has 1 aliphatic carbocycles. The predicted molar refractivity (Wildman–Crippen MR) is 117 cm³/mol. The number of hydrogen-bond donors (Lipinski definition) is 3. The molecule has 1 saturated heterocycles. The minimum atomic E-state index is -0.597. The molecule has 3 amide bonds. The second-order valence-electron chi connectivity index (χ2n) is 8.64. The smallest absolute Gasteiger partial charge is 0.255 e. The van der Waals surface area contributed by atoms with Crippen molar-refractivity contribution >= 4 is 23.7 Å². The van der Waals surface area contributed by atoms with Crippen molar-refractivity contribution < 1.29 is 14.4 Å². The molecule has 0 bridgehead atoms. The Labute approximate surface area is 186 Å². The predicted octanol–water partition coefficient (Wildman–Crippen LogP) is 0.926. The maximum absolute atomic E-state index is 12.8. The van der Waals surface area contributed by atoms with Crippen LogP contribution in [0.3, 0.4) is 0 Å². The van der Waals surface area contributed by atoms with Gasteiger partial charge in [0, 0.05) is 43.0 Å². The fraction of sp³-hybridized carbons (Fsp3) is 0.435. The van der Waals surface area contributed by atoms with Crippen LogP contribution >= 0.6 is 0 Å². The van der Waals surface area contributed by atoms with Crippen LogP contribution in [0.2, 0.25) is 0 Å². The van der Waals surface area contributed by atoms with Crippen molar-refractivity contribution in [3.63, 3.8) is 0 Å². The molecule has 3 aliphatic rings. The van der Waals surface area contributed by atoms with Crippen LogP contribution in [0.25, 0.3) is 0 Å². The molecule has 3 N–H and O–H groups in total. The summed E-state index contributed by atoms with van der Waals surface area (Å²) >= 11 is 0. The Morgan fingerprint density at radius 3 is 2.84 bits per heavy atom. The van der Waals surface area contributed by atoms with Gasteiger partial charge in [0.1, 0.15) is 6.04 Å². The number of fused-ring (bicyclic) bond motifs is 2. The van der Waals surface area contributed by atoms with E-state index in [1.807, 2.05) is 31.4 Å². The lowest BCUT2D eigenvalue weighted by Gasteiger charge is -2.29. The molecule has 1 aromatic heterocycles. The highest BCUT2D eigenvalue weighted by molar-refractivity contribution is 6.05. The molecule has 3 heterocycles. The van der Waals surface area contributed by atoms with Crippen molar-refractivity contribution in [3.8, 4) is 0 Å². The Morgan fingerprint density at radius 1 is 1.16 bits per heavy atom. The number of aryl methyl sites for hydroxylation is 1. The van der Waals surface area contributed by atoms with Crippen molar-refractivity contribution in [2.45, 2.75) is 57.3 Å². The molecule has 32 heavy (non-hydrogen) atoms. The number of carbonyl (C=O) groups excluding carboxylic acids is 3. The molecule has 1 aromatic carbocycles. The van der Waals surface area contributed by atoms with Gasteiger partial charge in [0.25, 0.3) is 5.91 Å². The van der Waals surface area contributed by atoms with E-state index in [4.69, 9.17) is 0 Å². The highest BCUT2D eigenvalue weighted by Crippen LogP contribution is 2.28. The fourth-order valence-corrected chi connectivity index (χ4v) is 4.76. The average Bonchev–Trinajstić information content (AvgIpc) is 3.12. The zero-order valence-electron chi connectivity index (χ0n) is 18.0. The molecule has 2 aromatic rings. The molecule has 0 spiro atoms. The maximum Gasteiger partial charge on any atom is 0.255 e. The summed E-state index contributed by atoms with van der Waals surface area (Å²) in [5, 5.41) is 8.94. The van der Waals surface area contributed by atoms with Gasteiger partial charge in [-0.3, -0.25) is 19.7 Å². The van der Waals surface area contributed by atoms with E-state index in [9.17, 15) is 14.4 Å². The summed E-state index contributed by atoms with van der Waals surface area (Å²) in [6.07, 6.45) is 5.49. The van der Waals surface area contributed by atoms with Crippen LogP contribution in [0, 0.1) is 0 Å². The van der Waals surface area contributed by atoms with Gasteiger partial charge in [-0.2, -0.15) is 0 Å². The molecule has 2 aliphatic heterocycles. The van der Waals surface area contributed by atoms with E-state index in [2.05, 4.69) is 25.9 Å². The van der Waals surface area contributed by atoms with Gasteiger partial charge in [0.15, 0.2) is 0 Å². The van der Waals surface area contributed by atoms with E-state index in [0.717, 1.165) is 36.1 Å². The summed E-state index contributed by atoms with van der Waals surface area (Å²) in [7, 11) is 1.99. The third-order valence-electron chi connectivity index (χ3n) is 6.60. The molecule has 2 atom stereocenters. The van der Waals surface area contributed by atoms with Gasteiger partial charge >= 0.3 is 0 Å². The molecule has 1 fully saturated rings. The van der Waals surface area contributed by atoms with Crippen LogP contribution in [0.5, 0.6) is 0 Å². The number of hydrogen-bond acceptors (Lipinski definition) is 7. The van der Waals surface area contributed by atoms with Gasteiger partial charge in [-0.25, -0.2) is 9.97 Å². The Morgan fingerprint density at radius 2 is 2.03 bits per heavy atom. The lowest BCUT2D eigenvalue weighted by Crippen LogP contribution is -2.52. The first-order valence-corrected chi connectivity index (χ1v) is 11.0. The normalized spacial score (nSPS) is 22.4. The summed E-state index contributed by atoms with van der Waals surface area (Å²) in [5.41, 5.74) is 4.82. The summed E-state index contributed by atoms with van der Waals surface area (Å²) in [6, 6.07) is 5.60. The maximum atomic E-state index is 12.8. The first kappa shape index (κ1) is 20.6. The van der Waals surface area contributed by atoms with E-state index in [1.54, 1.807) is 4.90 Å². The van der Waals surface area contributed by atoms with Gasteiger partial charge in [-0.15, -0.1) is 0 Å². The lowest BCUT2D eigenvalue weighted by molar-refractivity contribution is -0.136. The molecule has 0 saturated carbocycles. The van der Waals surface area contributed by atoms with Gasteiger partial charge in [0.05, 0.1) is 0 Å². The Hall–Kier alpha value is -3.33. The highest BCUT2D eigenvalue weighted by atomic mass is 16.2. The van der Waals surface area contributed by atoms with Crippen LogP contribution in [0.1, 0.15) is 52.0 Å². The van der Waals surface area contributed by atoms with Gasteiger partial charge in [-0.1, -0.05) is 12.1 Å². The van der Waals surface area contributed by atoms with E-state index >= 15 is 0 Å². The Balaban J connectivity index is 1.25. The molecule has 5 rings (SSSR count). The summed E-state index contributed by atoms with van der Waals surface area (Å²) in [6.45, 7) is 0.911. The number of nitrogens with one attached hydrogen (secondary N) is 3. The first-order chi connectivity index (χ1) is 15.5. The quantitative estimate of drug-likeness (QED) is 0.600. The molecular formula is C23H26N6O3. The summed E-state index contributed by atoms with van der Waals surface area (Å²) < 4.78 is 0. The third kappa shape index (κ3) is 3.84. The lowest BCUT2D eigenvalue weighted by atomic mass is 9.93. The number of rotatable bonds is 5. The largest absolute Gasteiger partial charge is 0.350 e. The van der Waals surface area contributed by atoms with Gasteiger partial charge in [0.2, 0.25) is 17.8 Å². The minimum absolute atomic E-state index is 0.160. The Kier molecular flexibility index (Phi) is 5.34. The number of piperidine rings is 1.